The van der Waals surface area contributed by atoms with Gasteiger partial charge in [0.15, 0.2) is 0 Å². The van der Waals surface area contributed by atoms with Crippen molar-refractivity contribution >= 4 is 23.3 Å². The van der Waals surface area contributed by atoms with Crippen molar-refractivity contribution < 1.29 is 14.0 Å². The average molecular weight is 355 g/mol. The summed E-state index contributed by atoms with van der Waals surface area (Å²) in [6, 6.07) is 11.2. The Labute approximate surface area is 152 Å². The standard InChI is InChI=1S/C20H22FN3O2/c1-13-5-8-15(9-6-13)23-20(26)24-11-3-4-18(24)19(25)22-16-10-7-14(2)17(21)12-16/h5-10,12,18H,3-4,11H2,1-2H3,(H,22,25)(H,23,26)/t18-/m1/s1. The third-order valence-corrected chi connectivity index (χ3v) is 4.56. The van der Waals surface area contributed by atoms with Gasteiger partial charge in [0.1, 0.15) is 11.9 Å². The van der Waals surface area contributed by atoms with E-state index in [1.165, 1.54) is 11.0 Å². The van der Waals surface area contributed by atoms with Crippen molar-refractivity contribution in [1.29, 1.82) is 0 Å². The molecule has 0 aromatic heterocycles. The van der Waals surface area contributed by atoms with Gasteiger partial charge >= 0.3 is 6.03 Å². The van der Waals surface area contributed by atoms with Crippen LogP contribution in [0, 0.1) is 19.7 Å². The monoisotopic (exact) mass is 355 g/mol. The van der Waals surface area contributed by atoms with Crippen LogP contribution in [0.5, 0.6) is 0 Å². The molecule has 1 heterocycles. The summed E-state index contributed by atoms with van der Waals surface area (Å²) in [5, 5.41) is 5.53. The molecule has 0 unspecified atom stereocenters. The third kappa shape index (κ3) is 4.02. The Kier molecular flexibility index (Phi) is 5.21. The second kappa shape index (κ2) is 7.56. The van der Waals surface area contributed by atoms with Crippen molar-refractivity contribution in [2.75, 3.05) is 17.2 Å². The van der Waals surface area contributed by atoms with Gasteiger partial charge in [-0.15, -0.1) is 0 Å². The van der Waals surface area contributed by atoms with Crippen LogP contribution < -0.4 is 10.6 Å². The highest BCUT2D eigenvalue weighted by molar-refractivity contribution is 5.99. The summed E-state index contributed by atoms with van der Waals surface area (Å²) in [6.45, 7) is 4.15. The lowest BCUT2D eigenvalue weighted by Crippen LogP contribution is -2.45. The number of rotatable bonds is 3. The molecule has 5 nitrogen and oxygen atoms in total. The molecule has 1 atom stereocenters. The molecule has 0 bridgehead atoms. The molecule has 136 valence electrons. The minimum absolute atomic E-state index is 0.301. The number of nitrogens with zero attached hydrogens (tertiary/aromatic N) is 1. The molecule has 3 rings (SSSR count). The smallest absolute Gasteiger partial charge is 0.322 e. The number of benzene rings is 2. The Morgan fingerprint density at radius 2 is 1.73 bits per heavy atom. The first kappa shape index (κ1) is 17.9. The topological polar surface area (TPSA) is 61.4 Å². The normalized spacial score (nSPS) is 16.4. The van der Waals surface area contributed by atoms with Crippen molar-refractivity contribution in [3.8, 4) is 0 Å². The number of urea groups is 1. The summed E-state index contributed by atoms with van der Waals surface area (Å²) in [7, 11) is 0. The van der Waals surface area contributed by atoms with Crippen LogP contribution in [-0.2, 0) is 4.79 Å². The second-order valence-electron chi connectivity index (χ2n) is 6.60. The van der Waals surface area contributed by atoms with E-state index in [0.717, 1.165) is 12.0 Å². The van der Waals surface area contributed by atoms with Crippen molar-refractivity contribution in [2.24, 2.45) is 0 Å². The Hall–Kier alpha value is -2.89. The summed E-state index contributed by atoms with van der Waals surface area (Å²) in [4.78, 5) is 26.6. The van der Waals surface area contributed by atoms with E-state index < -0.39 is 6.04 Å². The van der Waals surface area contributed by atoms with Gasteiger partial charge < -0.3 is 15.5 Å². The van der Waals surface area contributed by atoms with E-state index in [1.54, 1.807) is 19.1 Å². The van der Waals surface area contributed by atoms with Gasteiger partial charge in [0.2, 0.25) is 5.91 Å². The summed E-state index contributed by atoms with van der Waals surface area (Å²) in [5.74, 6) is -0.673. The maximum Gasteiger partial charge on any atom is 0.322 e. The largest absolute Gasteiger partial charge is 0.324 e. The number of anilines is 2. The number of amides is 3. The number of carbonyl (C=O) groups excluding carboxylic acids is 2. The van der Waals surface area contributed by atoms with Gasteiger partial charge in [-0.3, -0.25) is 4.79 Å². The van der Waals surface area contributed by atoms with E-state index >= 15 is 0 Å². The van der Waals surface area contributed by atoms with Gasteiger partial charge in [0, 0.05) is 17.9 Å². The van der Waals surface area contributed by atoms with Crippen LogP contribution in [0.25, 0.3) is 0 Å². The van der Waals surface area contributed by atoms with E-state index in [2.05, 4.69) is 10.6 Å². The maximum atomic E-state index is 13.7. The predicted molar refractivity (Wildman–Crippen MR) is 99.7 cm³/mol. The SMILES string of the molecule is Cc1ccc(NC(=O)N2CCC[C@@H]2C(=O)Nc2ccc(C)c(F)c2)cc1. The molecule has 2 N–H and O–H groups in total. The van der Waals surface area contributed by atoms with Gasteiger partial charge in [0.05, 0.1) is 0 Å². The van der Waals surface area contributed by atoms with E-state index in [0.29, 0.717) is 29.9 Å². The number of aryl methyl sites for hydroxylation is 2. The minimum Gasteiger partial charge on any atom is -0.324 e. The molecule has 2 aromatic rings. The number of hydrogen-bond acceptors (Lipinski definition) is 2. The zero-order valence-corrected chi connectivity index (χ0v) is 14.9. The molecule has 0 radical (unpaired) electrons. The fraction of sp³-hybridized carbons (Fsp3) is 0.300. The lowest BCUT2D eigenvalue weighted by Gasteiger charge is -2.24. The molecule has 0 aliphatic carbocycles. The summed E-state index contributed by atoms with van der Waals surface area (Å²) >= 11 is 0. The van der Waals surface area contributed by atoms with Crippen LogP contribution in [0.2, 0.25) is 0 Å². The Bertz CT molecular complexity index is 820. The Morgan fingerprint density at radius 1 is 1.04 bits per heavy atom. The highest BCUT2D eigenvalue weighted by atomic mass is 19.1. The first-order valence-electron chi connectivity index (χ1n) is 8.65. The van der Waals surface area contributed by atoms with E-state index in [1.807, 2.05) is 31.2 Å². The molecule has 1 aliphatic rings. The lowest BCUT2D eigenvalue weighted by atomic mass is 10.2. The van der Waals surface area contributed by atoms with Gasteiger partial charge in [0.25, 0.3) is 0 Å². The maximum absolute atomic E-state index is 13.7. The summed E-state index contributed by atoms with van der Waals surface area (Å²) in [5.41, 5.74) is 2.70. The number of nitrogens with one attached hydrogen (secondary N) is 2. The van der Waals surface area contributed by atoms with Crippen LogP contribution in [0.1, 0.15) is 24.0 Å². The van der Waals surface area contributed by atoms with Crippen LogP contribution in [0.3, 0.4) is 0 Å². The first-order valence-corrected chi connectivity index (χ1v) is 8.65. The van der Waals surface area contributed by atoms with E-state index in [9.17, 15) is 14.0 Å². The molecule has 1 aliphatic heterocycles. The van der Waals surface area contributed by atoms with Crippen LogP contribution in [-0.4, -0.2) is 29.4 Å². The average Bonchev–Trinajstić information content (AvgIpc) is 3.10. The fourth-order valence-electron chi connectivity index (χ4n) is 3.01. The van der Waals surface area contributed by atoms with E-state index in [4.69, 9.17) is 0 Å². The molecule has 3 amide bonds. The lowest BCUT2D eigenvalue weighted by molar-refractivity contribution is -0.119. The van der Waals surface area contributed by atoms with Gasteiger partial charge in [-0.2, -0.15) is 0 Å². The molecule has 0 spiro atoms. The molecule has 2 aromatic carbocycles. The zero-order chi connectivity index (χ0) is 18.7. The molecule has 6 heteroatoms. The van der Waals surface area contributed by atoms with Crippen molar-refractivity contribution in [2.45, 2.75) is 32.7 Å². The molecule has 0 saturated carbocycles. The van der Waals surface area contributed by atoms with Crippen molar-refractivity contribution in [3.63, 3.8) is 0 Å². The van der Waals surface area contributed by atoms with Crippen LogP contribution >= 0.6 is 0 Å². The molecule has 26 heavy (non-hydrogen) atoms. The Morgan fingerprint density at radius 3 is 2.42 bits per heavy atom. The predicted octanol–water partition coefficient (Wildman–Crippen LogP) is 4.08. The molecular weight excluding hydrogens is 333 g/mol. The number of likely N-dealkylation sites (tertiary alicyclic amines) is 1. The zero-order valence-electron chi connectivity index (χ0n) is 14.9. The number of hydrogen-bond donors (Lipinski definition) is 2. The molecule has 1 saturated heterocycles. The Balaban J connectivity index is 1.66. The van der Waals surface area contributed by atoms with Crippen LogP contribution in [0.15, 0.2) is 42.5 Å². The summed E-state index contributed by atoms with van der Waals surface area (Å²) < 4.78 is 13.7. The third-order valence-electron chi connectivity index (χ3n) is 4.56. The summed E-state index contributed by atoms with van der Waals surface area (Å²) in [6.07, 6.45) is 1.34. The van der Waals surface area contributed by atoms with Gasteiger partial charge in [-0.05, 0) is 56.5 Å². The number of halogens is 1. The first-order chi connectivity index (χ1) is 12.4. The highest BCUT2D eigenvalue weighted by Gasteiger charge is 2.34. The van der Waals surface area contributed by atoms with Crippen LogP contribution in [0.4, 0.5) is 20.6 Å². The fourth-order valence-corrected chi connectivity index (χ4v) is 3.01. The molecular formula is C20H22FN3O2. The highest BCUT2D eigenvalue weighted by Crippen LogP contribution is 2.22. The number of carbonyl (C=O) groups is 2. The second-order valence-corrected chi connectivity index (χ2v) is 6.60. The van der Waals surface area contributed by atoms with Crippen molar-refractivity contribution in [3.05, 3.63) is 59.4 Å². The quantitative estimate of drug-likeness (QED) is 0.871. The van der Waals surface area contributed by atoms with Gasteiger partial charge in [-0.1, -0.05) is 23.8 Å². The van der Waals surface area contributed by atoms with Gasteiger partial charge in [-0.25, -0.2) is 9.18 Å². The van der Waals surface area contributed by atoms with Crippen molar-refractivity contribution in [1.82, 2.24) is 4.90 Å². The van der Waals surface area contributed by atoms with E-state index in [-0.39, 0.29) is 17.8 Å². The minimum atomic E-state index is -0.565. The molecule has 1 fully saturated rings.